The Hall–Kier alpha value is -0.560. The maximum absolute atomic E-state index is 3.82. The number of rotatable bonds is 4. The fraction of sp³-hybridized carbons (Fsp3) is 0.667. The van der Waals surface area contributed by atoms with Gasteiger partial charge in [-0.3, -0.25) is 0 Å². The van der Waals surface area contributed by atoms with Crippen molar-refractivity contribution < 1.29 is 0 Å². The third-order valence-corrected chi connectivity index (χ3v) is 2.90. The molecule has 0 amide bonds. The van der Waals surface area contributed by atoms with Crippen LogP contribution in [0.1, 0.15) is 39.5 Å². The maximum Gasteiger partial charge on any atom is 0.0255 e. The van der Waals surface area contributed by atoms with E-state index >= 15 is 0 Å². The Morgan fingerprint density at radius 3 is 2.00 bits per heavy atom. The molecule has 0 radical (unpaired) electrons. The zero-order valence-electron chi connectivity index (χ0n) is 8.90. The van der Waals surface area contributed by atoms with Gasteiger partial charge in [0.2, 0.25) is 0 Å². The summed E-state index contributed by atoms with van der Waals surface area (Å²) in [6.45, 7) is 12.2. The third-order valence-electron chi connectivity index (χ3n) is 2.90. The summed E-state index contributed by atoms with van der Waals surface area (Å²) in [6.07, 6.45) is 8.59. The van der Waals surface area contributed by atoms with Gasteiger partial charge in [0.05, 0.1) is 0 Å². The van der Waals surface area contributed by atoms with E-state index in [1.54, 1.807) is 0 Å². The maximum atomic E-state index is 3.82. The SMILES string of the molecule is C=CCC1(CC=C)CCC(C)(C)N1. The van der Waals surface area contributed by atoms with Crippen LogP contribution in [0.25, 0.3) is 0 Å². The average Bonchev–Trinajstić information content (AvgIpc) is 2.28. The van der Waals surface area contributed by atoms with E-state index in [0.717, 1.165) is 12.8 Å². The molecule has 1 rings (SSSR count). The summed E-state index contributed by atoms with van der Waals surface area (Å²) in [6, 6.07) is 0. The zero-order chi connectivity index (χ0) is 9.95. The van der Waals surface area contributed by atoms with Crippen molar-refractivity contribution in [2.24, 2.45) is 0 Å². The van der Waals surface area contributed by atoms with Gasteiger partial charge in [-0.1, -0.05) is 12.2 Å². The van der Waals surface area contributed by atoms with Gasteiger partial charge >= 0.3 is 0 Å². The lowest BCUT2D eigenvalue weighted by Crippen LogP contribution is -2.46. The molecule has 0 aromatic heterocycles. The molecule has 0 aromatic carbocycles. The van der Waals surface area contributed by atoms with Gasteiger partial charge in [0.15, 0.2) is 0 Å². The van der Waals surface area contributed by atoms with Crippen LogP contribution in [0, 0.1) is 0 Å². The molecule has 0 spiro atoms. The Kier molecular flexibility index (Phi) is 2.97. The predicted octanol–water partition coefficient (Wildman–Crippen LogP) is 3.04. The van der Waals surface area contributed by atoms with Gasteiger partial charge in [-0.15, -0.1) is 13.2 Å². The molecule has 1 aliphatic heterocycles. The van der Waals surface area contributed by atoms with E-state index in [9.17, 15) is 0 Å². The van der Waals surface area contributed by atoms with Crippen LogP contribution in [0.4, 0.5) is 0 Å². The molecule has 1 aliphatic rings. The van der Waals surface area contributed by atoms with E-state index in [0.29, 0.717) is 0 Å². The topological polar surface area (TPSA) is 12.0 Å². The first-order valence-corrected chi connectivity index (χ1v) is 5.05. The minimum absolute atomic E-state index is 0.243. The molecule has 0 unspecified atom stereocenters. The second-order valence-corrected chi connectivity index (χ2v) is 4.77. The Labute approximate surface area is 81.9 Å². The van der Waals surface area contributed by atoms with Crippen molar-refractivity contribution in [1.82, 2.24) is 5.32 Å². The van der Waals surface area contributed by atoms with Crippen LogP contribution in [-0.2, 0) is 0 Å². The van der Waals surface area contributed by atoms with Crippen molar-refractivity contribution in [3.05, 3.63) is 25.3 Å². The molecule has 1 saturated heterocycles. The quantitative estimate of drug-likeness (QED) is 0.654. The fourth-order valence-corrected chi connectivity index (χ4v) is 2.34. The van der Waals surface area contributed by atoms with Crippen LogP contribution in [0.2, 0.25) is 0 Å². The Bertz CT molecular complexity index is 193. The zero-order valence-corrected chi connectivity index (χ0v) is 8.90. The van der Waals surface area contributed by atoms with Gasteiger partial charge in [0.1, 0.15) is 0 Å². The van der Waals surface area contributed by atoms with Gasteiger partial charge in [0.25, 0.3) is 0 Å². The highest BCUT2D eigenvalue weighted by Gasteiger charge is 2.40. The molecule has 0 atom stereocenters. The van der Waals surface area contributed by atoms with Gasteiger partial charge in [-0.05, 0) is 39.5 Å². The minimum Gasteiger partial charge on any atom is -0.306 e. The Morgan fingerprint density at radius 1 is 1.15 bits per heavy atom. The van der Waals surface area contributed by atoms with E-state index in [-0.39, 0.29) is 11.1 Å². The highest BCUT2D eigenvalue weighted by atomic mass is 15.1. The van der Waals surface area contributed by atoms with Crippen LogP contribution in [-0.4, -0.2) is 11.1 Å². The summed E-state index contributed by atoms with van der Waals surface area (Å²) >= 11 is 0. The summed E-state index contributed by atoms with van der Waals surface area (Å²) in [5, 5.41) is 3.70. The van der Waals surface area contributed by atoms with Gasteiger partial charge in [-0.25, -0.2) is 0 Å². The molecule has 1 heterocycles. The van der Waals surface area contributed by atoms with Gasteiger partial charge in [0, 0.05) is 11.1 Å². The first-order chi connectivity index (χ1) is 6.04. The second-order valence-electron chi connectivity index (χ2n) is 4.77. The van der Waals surface area contributed by atoms with Crippen molar-refractivity contribution in [2.45, 2.75) is 50.6 Å². The molecule has 0 saturated carbocycles. The van der Waals surface area contributed by atoms with Crippen molar-refractivity contribution in [3.63, 3.8) is 0 Å². The molecule has 0 aromatic rings. The molecular weight excluding hydrogens is 158 g/mol. The lowest BCUT2D eigenvalue weighted by molar-refractivity contribution is 0.325. The minimum atomic E-state index is 0.243. The molecule has 74 valence electrons. The first kappa shape index (κ1) is 10.5. The monoisotopic (exact) mass is 179 g/mol. The summed E-state index contributed by atoms with van der Waals surface area (Å²) in [5.41, 5.74) is 0.527. The third kappa shape index (κ3) is 2.44. The molecule has 0 bridgehead atoms. The predicted molar refractivity (Wildman–Crippen MR) is 58.8 cm³/mol. The summed E-state index contributed by atoms with van der Waals surface area (Å²) in [5.74, 6) is 0. The van der Waals surface area contributed by atoms with Gasteiger partial charge in [-0.2, -0.15) is 0 Å². The second kappa shape index (κ2) is 3.67. The van der Waals surface area contributed by atoms with Crippen molar-refractivity contribution in [2.75, 3.05) is 0 Å². The van der Waals surface area contributed by atoms with E-state index in [2.05, 4.69) is 32.3 Å². The summed E-state index contributed by atoms with van der Waals surface area (Å²) in [4.78, 5) is 0. The van der Waals surface area contributed by atoms with E-state index < -0.39 is 0 Å². The smallest absolute Gasteiger partial charge is 0.0255 e. The van der Waals surface area contributed by atoms with Crippen molar-refractivity contribution in [1.29, 1.82) is 0 Å². The average molecular weight is 179 g/mol. The molecular formula is C12H21N. The highest BCUT2D eigenvalue weighted by Crippen LogP contribution is 2.35. The summed E-state index contributed by atoms with van der Waals surface area (Å²) in [7, 11) is 0. The summed E-state index contributed by atoms with van der Waals surface area (Å²) < 4.78 is 0. The van der Waals surface area contributed by atoms with Crippen LogP contribution >= 0.6 is 0 Å². The molecule has 1 heteroatoms. The van der Waals surface area contributed by atoms with E-state index in [1.807, 2.05) is 12.2 Å². The van der Waals surface area contributed by atoms with Crippen molar-refractivity contribution >= 4 is 0 Å². The molecule has 1 N–H and O–H groups in total. The number of hydrogen-bond acceptors (Lipinski definition) is 1. The van der Waals surface area contributed by atoms with Crippen LogP contribution < -0.4 is 5.32 Å². The largest absolute Gasteiger partial charge is 0.306 e. The van der Waals surface area contributed by atoms with Crippen LogP contribution in [0.15, 0.2) is 25.3 Å². The Morgan fingerprint density at radius 2 is 1.69 bits per heavy atom. The van der Waals surface area contributed by atoms with E-state index in [1.165, 1.54) is 12.8 Å². The Balaban J connectivity index is 2.70. The molecule has 13 heavy (non-hydrogen) atoms. The number of hydrogen-bond donors (Lipinski definition) is 1. The van der Waals surface area contributed by atoms with Crippen molar-refractivity contribution in [3.8, 4) is 0 Å². The van der Waals surface area contributed by atoms with Crippen LogP contribution in [0.5, 0.6) is 0 Å². The molecule has 1 nitrogen and oxygen atoms in total. The molecule has 1 fully saturated rings. The fourth-order valence-electron chi connectivity index (χ4n) is 2.34. The van der Waals surface area contributed by atoms with E-state index in [4.69, 9.17) is 0 Å². The lowest BCUT2D eigenvalue weighted by Gasteiger charge is -2.31. The lowest BCUT2D eigenvalue weighted by atomic mass is 9.89. The standard InChI is InChI=1S/C12H21N/c1-5-7-12(8-6-2)10-9-11(3,4)13-12/h5-6,13H,1-2,7-10H2,3-4H3. The highest BCUT2D eigenvalue weighted by molar-refractivity contribution is 5.07. The first-order valence-electron chi connectivity index (χ1n) is 5.05. The molecule has 0 aliphatic carbocycles. The van der Waals surface area contributed by atoms with Gasteiger partial charge < -0.3 is 5.32 Å². The number of nitrogens with one attached hydrogen (secondary N) is 1. The normalized spacial score (nSPS) is 24.2. The van der Waals surface area contributed by atoms with Crippen LogP contribution in [0.3, 0.4) is 0 Å².